The van der Waals surface area contributed by atoms with E-state index in [2.05, 4.69) is 61.5 Å². The molecule has 3 rings (SSSR count). The molecule has 2 N–H and O–H groups in total. The van der Waals surface area contributed by atoms with Crippen molar-refractivity contribution >= 4 is 0 Å². The summed E-state index contributed by atoms with van der Waals surface area (Å²) in [5, 5.41) is 0. The Labute approximate surface area is 109 Å². The Morgan fingerprint density at radius 2 is 1.67 bits per heavy atom. The number of nitrogens with two attached hydrogens (primary N) is 1. The molecule has 0 amide bonds. The van der Waals surface area contributed by atoms with Crippen LogP contribution in [0.15, 0.2) is 54.6 Å². The molecule has 3 unspecified atom stereocenters. The number of hydrogen-bond acceptors (Lipinski definition) is 1. The van der Waals surface area contributed by atoms with Gasteiger partial charge in [0.2, 0.25) is 0 Å². The molecular weight excluding hydrogens is 218 g/mol. The molecule has 1 saturated carbocycles. The van der Waals surface area contributed by atoms with Crippen LogP contribution in [0.2, 0.25) is 0 Å². The van der Waals surface area contributed by atoms with Crippen LogP contribution in [0.5, 0.6) is 0 Å². The largest absolute Gasteiger partial charge is 0.324 e. The molecule has 1 nitrogen and oxygen atoms in total. The summed E-state index contributed by atoms with van der Waals surface area (Å²) in [6.45, 7) is 2.15. The van der Waals surface area contributed by atoms with Crippen LogP contribution < -0.4 is 5.73 Å². The molecule has 92 valence electrons. The maximum Gasteiger partial charge on any atom is 0.0332 e. The number of aryl methyl sites for hydroxylation is 1. The van der Waals surface area contributed by atoms with Gasteiger partial charge in [-0.25, -0.2) is 0 Å². The standard InChI is InChI=1S/C17H19N/c1-12-7-5-6-10-14(12)17(18)16-11-15(16)13-8-3-2-4-9-13/h2-10,15-17H,11,18H2,1H3. The smallest absolute Gasteiger partial charge is 0.0332 e. The molecule has 3 atom stereocenters. The summed E-state index contributed by atoms with van der Waals surface area (Å²) >= 11 is 0. The van der Waals surface area contributed by atoms with Crippen molar-refractivity contribution in [3.05, 3.63) is 71.3 Å². The second kappa shape index (κ2) is 4.58. The highest BCUT2D eigenvalue weighted by Gasteiger charge is 2.42. The van der Waals surface area contributed by atoms with Gasteiger partial charge in [-0.15, -0.1) is 0 Å². The van der Waals surface area contributed by atoms with Gasteiger partial charge in [0.05, 0.1) is 0 Å². The fourth-order valence-electron chi connectivity index (χ4n) is 2.89. The average Bonchev–Trinajstić information content (AvgIpc) is 3.20. The third kappa shape index (κ3) is 2.06. The van der Waals surface area contributed by atoms with Crippen molar-refractivity contribution in [1.29, 1.82) is 0 Å². The molecule has 0 spiro atoms. The molecule has 2 aromatic carbocycles. The van der Waals surface area contributed by atoms with E-state index in [0.29, 0.717) is 11.8 Å². The van der Waals surface area contributed by atoms with Crippen LogP contribution in [0.4, 0.5) is 0 Å². The zero-order chi connectivity index (χ0) is 12.5. The monoisotopic (exact) mass is 237 g/mol. The molecule has 1 aliphatic rings. The lowest BCUT2D eigenvalue weighted by molar-refractivity contribution is 0.612. The molecule has 0 heterocycles. The van der Waals surface area contributed by atoms with Crippen LogP contribution in [0, 0.1) is 12.8 Å². The highest BCUT2D eigenvalue weighted by molar-refractivity contribution is 5.34. The summed E-state index contributed by atoms with van der Waals surface area (Å²) in [7, 11) is 0. The van der Waals surface area contributed by atoms with E-state index < -0.39 is 0 Å². The van der Waals surface area contributed by atoms with E-state index >= 15 is 0 Å². The van der Waals surface area contributed by atoms with Crippen molar-refractivity contribution in [2.75, 3.05) is 0 Å². The number of benzene rings is 2. The molecule has 2 aromatic rings. The van der Waals surface area contributed by atoms with Gasteiger partial charge in [0.1, 0.15) is 0 Å². The maximum atomic E-state index is 6.43. The topological polar surface area (TPSA) is 26.0 Å². The Morgan fingerprint density at radius 1 is 1.00 bits per heavy atom. The SMILES string of the molecule is Cc1ccccc1C(N)C1CC1c1ccccc1. The highest BCUT2D eigenvalue weighted by atomic mass is 14.7. The van der Waals surface area contributed by atoms with Crippen LogP contribution >= 0.6 is 0 Å². The third-order valence-electron chi connectivity index (χ3n) is 4.08. The lowest BCUT2D eigenvalue weighted by atomic mass is 9.96. The predicted octanol–water partition coefficient (Wildman–Crippen LogP) is 3.80. The van der Waals surface area contributed by atoms with Gasteiger partial charge in [0.25, 0.3) is 0 Å². The van der Waals surface area contributed by atoms with Crippen molar-refractivity contribution in [2.45, 2.75) is 25.3 Å². The Balaban J connectivity index is 1.77. The van der Waals surface area contributed by atoms with Crippen molar-refractivity contribution in [3.63, 3.8) is 0 Å². The maximum absolute atomic E-state index is 6.43. The molecule has 0 aliphatic heterocycles. The first-order valence-corrected chi connectivity index (χ1v) is 6.63. The minimum absolute atomic E-state index is 0.177. The Hall–Kier alpha value is -1.60. The van der Waals surface area contributed by atoms with Crippen molar-refractivity contribution in [2.24, 2.45) is 11.7 Å². The molecule has 0 saturated heterocycles. The molecule has 0 aromatic heterocycles. The van der Waals surface area contributed by atoms with E-state index in [1.54, 1.807) is 0 Å². The summed E-state index contributed by atoms with van der Waals surface area (Å²) in [5.74, 6) is 1.26. The zero-order valence-corrected chi connectivity index (χ0v) is 10.7. The Morgan fingerprint density at radius 3 is 2.39 bits per heavy atom. The lowest BCUT2D eigenvalue weighted by Gasteiger charge is -2.14. The van der Waals surface area contributed by atoms with Gasteiger partial charge in [0.15, 0.2) is 0 Å². The summed E-state index contributed by atoms with van der Waals surface area (Å²) in [4.78, 5) is 0. The van der Waals surface area contributed by atoms with Gasteiger partial charge in [0, 0.05) is 6.04 Å². The quantitative estimate of drug-likeness (QED) is 0.863. The first kappa shape index (κ1) is 11.5. The number of hydrogen-bond donors (Lipinski definition) is 1. The van der Waals surface area contributed by atoms with E-state index in [1.165, 1.54) is 23.1 Å². The van der Waals surface area contributed by atoms with Gasteiger partial charge in [-0.05, 0) is 41.9 Å². The minimum Gasteiger partial charge on any atom is -0.324 e. The van der Waals surface area contributed by atoms with Crippen LogP contribution in [0.1, 0.15) is 35.1 Å². The highest BCUT2D eigenvalue weighted by Crippen LogP contribution is 2.53. The summed E-state index contributed by atoms with van der Waals surface area (Å²) in [6, 6.07) is 19.4. The zero-order valence-electron chi connectivity index (χ0n) is 10.7. The first-order chi connectivity index (χ1) is 8.77. The lowest BCUT2D eigenvalue weighted by Crippen LogP contribution is -2.14. The molecule has 0 radical (unpaired) electrons. The van der Waals surface area contributed by atoms with E-state index in [-0.39, 0.29) is 6.04 Å². The molecule has 1 heteroatoms. The predicted molar refractivity (Wildman–Crippen MR) is 75.4 cm³/mol. The molecule has 0 bridgehead atoms. The van der Waals surface area contributed by atoms with Crippen LogP contribution in [0.25, 0.3) is 0 Å². The van der Waals surface area contributed by atoms with E-state index in [9.17, 15) is 0 Å². The van der Waals surface area contributed by atoms with Crippen molar-refractivity contribution in [1.82, 2.24) is 0 Å². The summed E-state index contributed by atoms with van der Waals surface area (Å²) in [6.07, 6.45) is 1.22. The summed E-state index contributed by atoms with van der Waals surface area (Å²) < 4.78 is 0. The van der Waals surface area contributed by atoms with E-state index in [4.69, 9.17) is 5.73 Å². The van der Waals surface area contributed by atoms with Gasteiger partial charge in [-0.2, -0.15) is 0 Å². The fourth-order valence-corrected chi connectivity index (χ4v) is 2.89. The van der Waals surface area contributed by atoms with Crippen LogP contribution in [0.3, 0.4) is 0 Å². The first-order valence-electron chi connectivity index (χ1n) is 6.63. The van der Waals surface area contributed by atoms with Crippen molar-refractivity contribution < 1.29 is 0 Å². The molecule has 1 aliphatic carbocycles. The normalized spacial score (nSPS) is 23.7. The van der Waals surface area contributed by atoms with E-state index in [1.807, 2.05) is 0 Å². The Bertz CT molecular complexity index is 532. The molecule has 18 heavy (non-hydrogen) atoms. The minimum atomic E-state index is 0.177. The fraction of sp³-hybridized carbons (Fsp3) is 0.294. The van der Waals surface area contributed by atoms with Gasteiger partial charge in [-0.1, -0.05) is 54.6 Å². The van der Waals surface area contributed by atoms with Gasteiger partial charge >= 0.3 is 0 Å². The molecular formula is C17H19N. The third-order valence-corrected chi connectivity index (χ3v) is 4.08. The van der Waals surface area contributed by atoms with Gasteiger partial charge < -0.3 is 5.73 Å². The van der Waals surface area contributed by atoms with E-state index in [0.717, 1.165) is 0 Å². The number of rotatable bonds is 3. The summed E-state index contributed by atoms with van der Waals surface area (Å²) in [5.41, 5.74) is 10.5. The molecule has 1 fully saturated rings. The van der Waals surface area contributed by atoms with Crippen LogP contribution in [-0.4, -0.2) is 0 Å². The van der Waals surface area contributed by atoms with Gasteiger partial charge in [-0.3, -0.25) is 0 Å². The van der Waals surface area contributed by atoms with Crippen molar-refractivity contribution in [3.8, 4) is 0 Å². The second-order valence-electron chi connectivity index (χ2n) is 5.30. The second-order valence-corrected chi connectivity index (χ2v) is 5.30. The average molecular weight is 237 g/mol. The Kier molecular flexibility index (Phi) is 2.92. The van der Waals surface area contributed by atoms with Crippen LogP contribution in [-0.2, 0) is 0 Å².